The van der Waals surface area contributed by atoms with Crippen LogP contribution in [0.5, 0.6) is 0 Å². The molecular formula is C15H20N2O2S2. The predicted octanol–water partition coefficient (Wildman–Crippen LogP) is 3.13. The van der Waals surface area contributed by atoms with E-state index in [1.165, 1.54) is 11.3 Å². The highest BCUT2D eigenvalue weighted by Crippen LogP contribution is 2.28. The average molecular weight is 324 g/mol. The summed E-state index contributed by atoms with van der Waals surface area (Å²) in [5, 5.41) is 0. The minimum absolute atomic E-state index is 0.302. The van der Waals surface area contributed by atoms with E-state index in [0.717, 1.165) is 28.8 Å². The maximum Gasteiger partial charge on any atom is 0.271 e. The second kappa shape index (κ2) is 6.60. The molecular weight excluding hydrogens is 304 g/mol. The van der Waals surface area contributed by atoms with Gasteiger partial charge in [0, 0.05) is 11.4 Å². The first-order valence-corrected chi connectivity index (χ1v) is 9.24. The van der Waals surface area contributed by atoms with E-state index in [-0.39, 0.29) is 0 Å². The van der Waals surface area contributed by atoms with Crippen LogP contribution in [0.4, 0.5) is 5.69 Å². The molecule has 0 amide bonds. The van der Waals surface area contributed by atoms with Gasteiger partial charge in [-0.05, 0) is 36.1 Å². The summed E-state index contributed by atoms with van der Waals surface area (Å²) in [6.45, 7) is 4.39. The Morgan fingerprint density at radius 2 is 1.71 bits per heavy atom. The van der Waals surface area contributed by atoms with Crippen LogP contribution in [0.3, 0.4) is 0 Å². The second-order valence-corrected chi connectivity index (χ2v) is 7.77. The summed E-state index contributed by atoms with van der Waals surface area (Å²) in [7, 11) is -3.55. The molecule has 0 atom stereocenters. The van der Waals surface area contributed by atoms with Crippen molar-refractivity contribution in [3.05, 3.63) is 46.3 Å². The summed E-state index contributed by atoms with van der Waals surface area (Å²) in [4.78, 5) is 0.856. The van der Waals surface area contributed by atoms with Crippen molar-refractivity contribution in [3.63, 3.8) is 0 Å². The van der Waals surface area contributed by atoms with E-state index < -0.39 is 10.0 Å². The Kier molecular flexibility index (Phi) is 5.03. The van der Waals surface area contributed by atoms with Crippen molar-refractivity contribution in [2.75, 3.05) is 4.72 Å². The molecule has 2 rings (SSSR count). The maximum atomic E-state index is 12.5. The zero-order valence-electron chi connectivity index (χ0n) is 12.2. The number of benzene rings is 1. The van der Waals surface area contributed by atoms with Gasteiger partial charge in [-0.1, -0.05) is 32.0 Å². The van der Waals surface area contributed by atoms with Gasteiger partial charge in [0.2, 0.25) is 0 Å². The lowest BCUT2D eigenvalue weighted by molar-refractivity contribution is 0.603. The van der Waals surface area contributed by atoms with Crippen molar-refractivity contribution < 1.29 is 8.42 Å². The molecule has 0 aliphatic carbocycles. The van der Waals surface area contributed by atoms with Gasteiger partial charge < -0.3 is 5.73 Å². The Morgan fingerprint density at radius 1 is 1.10 bits per heavy atom. The van der Waals surface area contributed by atoms with E-state index in [2.05, 4.69) is 4.72 Å². The van der Waals surface area contributed by atoms with Crippen LogP contribution in [0.15, 0.2) is 34.5 Å². The molecule has 0 saturated carbocycles. The molecule has 3 N–H and O–H groups in total. The zero-order chi connectivity index (χ0) is 15.5. The van der Waals surface area contributed by atoms with Crippen LogP contribution in [-0.2, 0) is 29.4 Å². The van der Waals surface area contributed by atoms with Gasteiger partial charge in [0.25, 0.3) is 10.0 Å². The van der Waals surface area contributed by atoms with Crippen molar-refractivity contribution in [2.24, 2.45) is 5.73 Å². The van der Waals surface area contributed by atoms with Gasteiger partial charge in [-0.15, -0.1) is 11.3 Å². The number of sulfonamides is 1. The number of anilines is 1. The lowest BCUT2D eigenvalue weighted by Gasteiger charge is -2.14. The molecule has 4 nitrogen and oxygen atoms in total. The number of hydrogen-bond acceptors (Lipinski definition) is 4. The average Bonchev–Trinajstić information content (AvgIpc) is 2.97. The van der Waals surface area contributed by atoms with Crippen LogP contribution in [0, 0.1) is 0 Å². The van der Waals surface area contributed by atoms with Crippen molar-refractivity contribution in [1.82, 2.24) is 0 Å². The van der Waals surface area contributed by atoms with E-state index >= 15 is 0 Å². The van der Waals surface area contributed by atoms with Gasteiger partial charge in [-0.3, -0.25) is 4.72 Å². The Bertz CT molecular complexity index is 699. The van der Waals surface area contributed by atoms with Crippen molar-refractivity contribution >= 4 is 27.0 Å². The Hall–Kier alpha value is -1.37. The van der Waals surface area contributed by atoms with Crippen LogP contribution in [0.1, 0.15) is 29.9 Å². The van der Waals surface area contributed by atoms with Gasteiger partial charge in [-0.2, -0.15) is 0 Å². The van der Waals surface area contributed by atoms with Crippen molar-refractivity contribution in [2.45, 2.75) is 37.4 Å². The fraction of sp³-hybridized carbons (Fsp3) is 0.333. The minimum atomic E-state index is -3.55. The number of nitrogens with one attached hydrogen (secondary N) is 1. The third-order valence-electron chi connectivity index (χ3n) is 3.34. The predicted molar refractivity (Wildman–Crippen MR) is 88.2 cm³/mol. The molecule has 0 bridgehead atoms. The Labute approximate surface area is 130 Å². The molecule has 2 aromatic rings. The summed E-state index contributed by atoms with van der Waals surface area (Å²) >= 11 is 1.21. The summed E-state index contributed by atoms with van der Waals surface area (Å²) in [6, 6.07) is 9.24. The van der Waals surface area contributed by atoms with E-state index in [1.54, 1.807) is 12.1 Å². The molecule has 0 fully saturated rings. The highest BCUT2D eigenvalue weighted by molar-refractivity contribution is 7.94. The molecule has 6 heteroatoms. The second-order valence-electron chi connectivity index (χ2n) is 4.69. The fourth-order valence-corrected chi connectivity index (χ4v) is 4.55. The van der Waals surface area contributed by atoms with Gasteiger partial charge in [0.05, 0.1) is 5.69 Å². The highest BCUT2D eigenvalue weighted by Gasteiger charge is 2.19. The van der Waals surface area contributed by atoms with Crippen LogP contribution in [-0.4, -0.2) is 8.42 Å². The lowest BCUT2D eigenvalue weighted by atomic mass is 10.0. The van der Waals surface area contributed by atoms with Crippen LogP contribution < -0.4 is 10.5 Å². The monoisotopic (exact) mass is 324 g/mol. The summed E-state index contributed by atoms with van der Waals surface area (Å²) in [5.41, 5.74) is 8.27. The molecule has 0 radical (unpaired) electrons. The number of rotatable bonds is 6. The van der Waals surface area contributed by atoms with Gasteiger partial charge in [0.15, 0.2) is 0 Å². The van der Waals surface area contributed by atoms with E-state index in [1.807, 2.05) is 32.0 Å². The third kappa shape index (κ3) is 3.45. The topological polar surface area (TPSA) is 72.2 Å². The SMILES string of the molecule is CCc1cccc(CC)c1NS(=O)(=O)c1ccc(CN)s1. The van der Waals surface area contributed by atoms with Crippen LogP contribution in [0.25, 0.3) is 0 Å². The van der Waals surface area contributed by atoms with E-state index in [0.29, 0.717) is 16.4 Å². The largest absolute Gasteiger partial charge is 0.326 e. The van der Waals surface area contributed by atoms with Crippen LogP contribution >= 0.6 is 11.3 Å². The van der Waals surface area contributed by atoms with E-state index in [4.69, 9.17) is 5.73 Å². The van der Waals surface area contributed by atoms with E-state index in [9.17, 15) is 8.42 Å². The quantitative estimate of drug-likeness (QED) is 0.857. The third-order valence-corrected chi connectivity index (χ3v) is 6.29. The van der Waals surface area contributed by atoms with Crippen molar-refractivity contribution in [1.29, 1.82) is 0 Å². The van der Waals surface area contributed by atoms with Gasteiger partial charge in [-0.25, -0.2) is 8.42 Å². The first-order chi connectivity index (χ1) is 10.0. The standard InChI is InChI=1S/C15H20N2O2S2/c1-3-11-6-5-7-12(4-2)15(11)17-21(18,19)14-9-8-13(10-16)20-14/h5-9,17H,3-4,10,16H2,1-2H3. The number of para-hydroxylation sites is 1. The Balaban J connectivity index is 2.40. The molecule has 21 heavy (non-hydrogen) atoms. The number of aryl methyl sites for hydroxylation is 2. The minimum Gasteiger partial charge on any atom is -0.326 e. The van der Waals surface area contributed by atoms with Gasteiger partial charge >= 0.3 is 0 Å². The summed E-state index contributed by atoms with van der Waals surface area (Å²) in [6.07, 6.45) is 1.56. The first kappa shape index (κ1) is 16.0. The number of nitrogens with two attached hydrogens (primary N) is 1. The zero-order valence-corrected chi connectivity index (χ0v) is 13.9. The molecule has 1 heterocycles. The molecule has 1 aromatic heterocycles. The molecule has 0 saturated heterocycles. The normalized spacial score (nSPS) is 11.6. The van der Waals surface area contributed by atoms with Crippen molar-refractivity contribution in [3.8, 4) is 0 Å². The number of thiophene rings is 1. The van der Waals surface area contributed by atoms with Gasteiger partial charge in [0.1, 0.15) is 4.21 Å². The highest BCUT2D eigenvalue weighted by atomic mass is 32.2. The first-order valence-electron chi connectivity index (χ1n) is 6.94. The molecule has 0 aliphatic heterocycles. The summed E-state index contributed by atoms with van der Waals surface area (Å²) < 4.78 is 28.1. The molecule has 0 unspecified atom stereocenters. The molecule has 0 spiro atoms. The fourth-order valence-electron chi connectivity index (χ4n) is 2.17. The Morgan fingerprint density at radius 3 is 2.19 bits per heavy atom. The molecule has 1 aromatic carbocycles. The maximum absolute atomic E-state index is 12.5. The number of hydrogen-bond donors (Lipinski definition) is 2. The molecule has 0 aliphatic rings. The smallest absolute Gasteiger partial charge is 0.271 e. The lowest BCUT2D eigenvalue weighted by Crippen LogP contribution is -2.14. The van der Waals surface area contributed by atoms with Crippen LogP contribution in [0.2, 0.25) is 0 Å². The summed E-state index contributed by atoms with van der Waals surface area (Å²) in [5.74, 6) is 0. The molecule has 114 valence electrons.